The fourth-order valence-corrected chi connectivity index (χ4v) is 4.65. The monoisotopic (exact) mass is 465 g/mol. The molecular formula is C25H31N5O2S. The summed E-state index contributed by atoms with van der Waals surface area (Å²) in [6.07, 6.45) is 2.26. The second kappa shape index (κ2) is 10.9. The van der Waals surface area contributed by atoms with Gasteiger partial charge in [0.15, 0.2) is 11.0 Å². The van der Waals surface area contributed by atoms with Crippen molar-refractivity contribution in [1.29, 1.82) is 0 Å². The minimum absolute atomic E-state index is 0.0644. The van der Waals surface area contributed by atoms with Crippen molar-refractivity contribution in [1.82, 2.24) is 14.8 Å². The Hall–Kier alpha value is -2.84. The molecule has 1 saturated heterocycles. The molecule has 1 atom stereocenters. The van der Waals surface area contributed by atoms with E-state index in [1.165, 1.54) is 22.9 Å². The summed E-state index contributed by atoms with van der Waals surface area (Å²) in [4.78, 5) is 12.5. The predicted octanol–water partition coefficient (Wildman–Crippen LogP) is 4.73. The van der Waals surface area contributed by atoms with Gasteiger partial charge in [0.25, 0.3) is 0 Å². The van der Waals surface area contributed by atoms with Gasteiger partial charge in [-0.3, -0.25) is 4.79 Å². The Bertz CT molecular complexity index is 1090. The van der Waals surface area contributed by atoms with Gasteiger partial charge in [0.1, 0.15) is 0 Å². The number of rotatable bonds is 9. The fourth-order valence-electron chi connectivity index (χ4n) is 3.88. The van der Waals surface area contributed by atoms with E-state index in [2.05, 4.69) is 57.4 Å². The average molecular weight is 466 g/mol. The van der Waals surface area contributed by atoms with Crippen molar-refractivity contribution in [3.63, 3.8) is 0 Å². The van der Waals surface area contributed by atoms with Crippen LogP contribution in [-0.4, -0.2) is 39.1 Å². The van der Waals surface area contributed by atoms with Gasteiger partial charge in [-0.2, -0.15) is 0 Å². The Morgan fingerprint density at radius 1 is 1.12 bits per heavy atom. The molecule has 1 amide bonds. The highest BCUT2D eigenvalue weighted by atomic mass is 32.2. The normalized spacial score (nSPS) is 15.5. The summed E-state index contributed by atoms with van der Waals surface area (Å²) in [6, 6.07) is 14.1. The van der Waals surface area contributed by atoms with E-state index in [1.54, 1.807) is 0 Å². The summed E-state index contributed by atoms with van der Waals surface area (Å²) in [6.45, 7) is 8.26. The van der Waals surface area contributed by atoms with Crippen LogP contribution in [0.25, 0.3) is 0 Å². The molecule has 174 valence electrons. The zero-order valence-electron chi connectivity index (χ0n) is 19.4. The summed E-state index contributed by atoms with van der Waals surface area (Å²) in [7, 11) is 0. The number of aryl methyl sites for hydroxylation is 3. The Balaban J connectivity index is 1.43. The van der Waals surface area contributed by atoms with Crippen LogP contribution in [-0.2, 0) is 22.6 Å². The zero-order chi connectivity index (χ0) is 23.2. The molecule has 33 heavy (non-hydrogen) atoms. The van der Waals surface area contributed by atoms with Crippen LogP contribution < -0.4 is 10.6 Å². The van der Waals surface area contributed by atoms with Crippen molar-refractivity contribution in [2.45, 2.75) is 58.0 Å². The molecule has 7 nitrogen and oxygen atoms in total. The maximum atomic E-state index is 12.5. The second-order valence-electron chi connectivity index (χ2n) is 8.52. The predicted molar refractivity (Wildman–Crippen MR) is 133 cm³/mol. The van der Waals surface area contributed by atoms with Crippen LogP contribution in [0.2, 0.25) is 0 Å². The summed E-state index contributed by atoms with van der Waals surface area (Å²) in [5, 5.41) is 16.0. The van der Waals surface area contributed by atoms with Crippen molar-refractivity contribution >= 4 is 29.0 Å². The third-order valence-electron chi connectivity index (χ3n) is 5.69. The number of carbonyl (C=O) groups is 1. The van der Waals surface area contributed by atoms with Gasteiger partial charge in [0.05, 0.1) is 24.9 Å². The average Bonchev–Trinajstić information content (AvgIpc) is 3.44. The van der Waals surface area contributed by atoms with Gasteiger partial charge in [-0.15, -0.1) is 10.2 Å². The van der Waals surface area contributed by atoms with Crippen LogP contribution in [0, 0.1) is 20.8 Å². The number of nitrogens with zero attached hydrogens (tertiary/aromatic N) is 3. The molecule has 0 bridgehead atoms. The minimum atomic E-state index is -0.0644. The van der Waals surface area contributed by atoms with E-state index < -0.39 is 0 Å². The number of amides is 1. The number of nitrogens with one attached hydrogen (secondary N) is 2. The molecule has 8 heteroatoms. The van der Waals surface area contributed by atoms with Gasteiger partial charge >= 0.3 is 0 Å². The lowest BCUT2D eigenvalue weighted by atomic mass is 10.1. The van der Waals surface area contributed by atoms with Gasteiger partial charge in [-0.1, -0.05) is 47.2 Å². The van der Waals surface area contributed by atoms with Gasteiger partial charge < -0.3 is 19.9 Å². The van der Waals surface area contributed by atoms with E-state index >= 15 is 0 Å². The van der Waals surface area contributed by atoms with Crippen LogP contribution >= 0.6 is 11.8 Å². The first-order valence-corrected chi connectivity index (χ1v) is 12.3. The largest absolute Gasteiger partial charge is 0.378 e. The zero-order valence-corrected chi connectivity index (χ0v) is 20.2. The molecule has 0 saturated carbocycles. The molecular weight excluding hydrogens is 434 g/mol. The quantitative estimate of drug-likeness (QED) is 0.445. The van der Waals surface area contributed by atoms with E-state index in [9.17, 15) is 4.79 Å². The van der Waals surface area contributed by atoms with Gasteiger partial charge in [0.2, 0.25) is 5.91 Å². The summed E-state index contributed by atoms with van der Waals surface area (Å²) in [5.74, 6) is 1.04. The van der Waals surface area contributed by atoms with Gasteiger partial charge in [0, 0.05) is 18.0 Å². The van der Waals surface area contributed by atoms with Crippen LogP contribution in [0.1, 0.15) is 35.4 Å². The summed E-state index contributed by atoms with van der Waals surface area (Å²) in [5.41, 5.74) is 5.47. The number of hydrogen-bond acceptors (Lipinski definition) is 6. The Morgan fingerprint density at radius 2 is 1.91 bits per heavy atom. The van der Waals surface area contributed by atoms with E-state index in [-0.39, 0.29) is 17.8 Å². The van der Waals surface area contributed by atoms with Gasteiger partial charge in [-0.25, -0.2) is 0 Å². The Labute approximate surface area is 199 Å². The van der Waals surface area contributed by atoms with Crippen molar-refractivity contribution in [3.05, 3.63) is 65.0 Å². The number of hydrogen-bond donors (Lipinski definition) is 2. The van der Waals surface area contributed by atoms with Crippen molar-refractivity contribution < 1.29 is 9.53 Å². The molecule has 0 radical (unpaired) electrons. The first kappa shape index (κ1) is 23.3. The highest BCUT2D eigenvalue weighted by Gasteiger charge is 2.21. The lowest BCUT2D eigenvalue weighted by Crippen LogP contribution is -2.20. The van der Waals surface area contributed by atoms with Gasteiger partial charge in [-0.05, 0) is 57.4 Å². The maximum Gasteiger partial charge on any atom is 0.234 e. The molecule has 1 aliphatic rings. The van der Waals surface area contributed by atoms with E-state index in [0.29, 0.717) is 13.1 Å². The molecule has 0 spiro atoms. The first-order valence-electron chi connectivity index (χ1n) is 11.3. The summed E-state index contributed by atoms with van der Waals surface area (Å²) < 4.78 is 7.95. The molecule has 2 heterocycles. The van der Waals surface area contributed by atoms with Crippen LogP contribution in [0.3, 0.4) is 0 Å². The topological polar surface area (TPSA) is 81.1 Å². The third-order valence-corrected chi connectivity index (χ3v) is 6.66. The lowest BCUT2D eigenvalue weighted by molar-refractivity contribution is -0.113. The summed E-state index contributed by atoms with van der Waals surface area (Å²) >= 11 is 1.40. The van der Waals surface area contributed by atoms with Crippen molar-refractivity contribution in [2.24, 2.45) is 0 Å². The van der Waals surface area contributed by atoms with Crippen molar-refractivity contribution in [3.8, 4) is 0 Å². The molecule has 1 aromatic heterocycles. The number of benzene rings is 2. The van der Waals surface area contributed by atoms with Crippen LogP contribution in [0.15, 0.2) is 47.6 Å². The Kier molecular flexibility index (Phi) is 7.67. The molecule has 2 aromatic carbocycles. The highest BCUT2D eigenvalue weighted by Crippen LogP contribution is 2.23. The fraction of sp³-hybridized carbons (Fsp3) is 0.400. The minimum Gasteiger partial charge on any atom is -0.378 e. The third kappa shape index (κ3) is 6.36. The highest BCUT2D eigenvalue weighted by molar-refractivity contribution is 7.99. The molecule has 1 aliphatic heterocycles. The number of ether oxygens (including phenoxy) is 1. The lowest BCUT2D eigenvalue weighted by Gasteiger charge is -2.16. The first-order chi connectivity index (χ1) is 16.0. The SMILES string of the molecule is Cc1ccc(NC(=O)CSc2nnc(CNc3ccc(C)cc3C)n2C[C@H]2CCCO2)cc1. The molecule has 3 aromatic rings. The second-order valence-corrected chi connectivity index (χ2v) is 9.46. The van der Waals surface area contributed by atoms with E-state index in [0.717, 1.165) is 47.4 Å². The molecule has 2 N–H and O–H groups in total. The standard InChI is InChI=1S/C25H31N5O2S/c1-17-6-9-20(10-7-17)27-24(31)16-33-25-29-28-23(30(25)15-21-5-4-12-32-21)14-26-22-11-8-18(2)13-19(22)3/h6-11,13,21,26H,4-5,12,14-16H2,1-3H3,(H,27,31)/t21-/m1/s1. The molecule has 4 rings (SSSR count). The number of aromatic nitrogens is 3. The number of carbonyl (C=O) groups excluding carboxylic acids is 1. The van der Waals surface area contributed by atoms with E-state index in [4.69, 9.17) is 4.74 Å². The Morgan fingerprint density at radius 3 is 2.64 bits per heavy atom. The molecule has 0 aliphatic carbocycles. The van der Waals surface area contributed by atoms with Crippen molar-refractivity contribution in [2.75, 3.05) is 23.0 Å². The van der Waals surface area contributed by atoms with Crippen LogP contribution in [0.5, 0.6) is 0 Å². The molecule has 1 fully saturated rings. The number of thioether (sulfide) groups is 1. The number of anilines is 2. The smallest absolute Gasteiger partial charge is 0.234 e. The van der Waals surface area contributed by atoms with Crippen LogP contribution in [0.4, 0.5) is 11.4 Å². The van der Waals surface area contributed by atoms with E-state index in [1.807, 2.05) is 31.2 Å². The maximum absolute atomic E-state index is 12.5. The molecule has 0 unspecified atom stereocenters.